The summed E-state index contributed by atoms with van der Waals surface area (Å²) >= 11 is 0. The molecule has 0 aliphatic carbocycles. The fraction of sp³-hybridized carbons (Fsp3) is 0. The summed E-state index contributed by atoms with van der Waals surface area (Å²) in [5.74, 6) is 3.04. The van der Waals surface area contributed by atoms with E-state index in [0.717, 1.165) is 78.7 Å². The Morgan fingerprint density at radius 2 is 0.840 bits per heavy atom. The third kappa shape index (κ3) is 4.96. The molecule has 0 bridgehead atoms. The molecule has 0 saturated carbocycles. The normalized spacial score (nSPS) is 11.8. The van der Waals surface area contributed by atoms with Gasteiger partial charge in [0.15, 0.2) is 0 Å². The summed E-state index contributed by atoms with van der Waals surface area (Å²) in [6, 6.07) is 57.2. The highest BCUT2D eigenvalue weighted by Gasteiger charge is 2.41. The molecule has 0 saturated heterocycles. The van der Waals surface area contributed by atoms with Gasteiger partial charge in [-0.05, 0) is 93.8 Å². The quantitative estimate of drug-likeness (QED) is 0.176. The van der Waals surface area contributed by atoms with Crippen LogP contribution >= 0.6 is 0 Å². The lowest BCUT2D eigenvalue weighted by Gasteiger charge is -2.35. The molecule has 0 fully saturated rings. The van der Waals surface area contributed by atoms with Gasteiger partial charge in [-0.2, -0.15) is 10.5 Å². The van der Waals surface area contributed by atoms with Gasteiger partial charge in [0.2, 0.25) is 0 Å². The molecule has 0 aromatic heterocycles. The number of anilines is 3. The van der Waals surface area contributed by atoms with Gasteiger partial charge in [-0.3, -0.25) is 0 Å². The Kier molecular flexibility index (Phi) is 6.94. The standard InChI is InChI=1S/C44H26BN3O2/c46-27-29-11-15-31(16-12-29)33-19-21-38-40(23-33)49-42-25-37(48(35-7-3-1-4-8-35)36-9-5-2-6-10-36)26-43-44(42)45(38)39-22-20-34(24-41(39)50-43)32-17-13-30(28-47)14-18-32/h1-26H. The van der Waals surface area contributed by atoms with Crippen LogP contribution in [-0.4, -0.2) is 6.71 Å². The molecule has 7 aromatic carbocycles. The average molecular weight is 640 g/mol. The molecule has 0 unspecified atom stereocenters. The van der Waals surface area contributed by atoms with Crippen LogP contribution < -0.4 is 30.8 Å². The summed E-state index contributed by atoms with van der Waals surface area (Å²) in [5.41, 5.74) is 11.3. The first-order valence-corrected chi connectivity index (χ1v) is 16.4. The smallest absolute Gasteiger partial charge is 0.260 e. The molecule has 0 spiro atoms. The molecule has 2 aliphatic heterocycles. The number of nitriles is 2. The summed E-state index contributed by atoms with van der Waals surface area (Å²) in [4.78, 5) is 2.21. The summed E-state index contributed by atoms with van der Waals surface area (Å²) in [6.07, 6.45) is 0. The number of hydrogen-bond acceptors (Lipinski definition) is 5. The van der Waals surface area contributed by atoms with Crippen LogP contribution in [0.4, 0.5) is 17.1 Å². The number of nitrogens with zero attached hydrogens (tertiary/aromatic N) is 3. The number of hydrogen-bond donors (Lipinski definition) is 0. The molecule has 0 amide bonds. The summed E-state index contributed by atoms with van der Waals surface area (Å²) < 4.78 is 13.7. The molecule has 0 atom stereocenters. The molecule has 0 N–H and O–H groups in total. The van der Waals surface area contributed by atoms with E-state index in [-0.39, 0.29) is 6.71 Å². The van der Waals surface area contributed by atoms with Crippen LogP contribution in [-0.2, 0) is 0 Å². The Bertz CT molecular complexity index is 2330. The Morgan fingerprint density at radius 1 is 0.420 bits per heavy atom. The second-order valence-corrected chi connectivity index (χ2v) is 12.4. The Labute approximate surface area is 290 Å². The Hall–Kier alpha value is -7.02. The minimum absolute atomic E-state index is 0.117. The first-order valence-electron chi connectivity index (χ1n) is 16.4. The van der Waals surface area contributed by atoms with Crippen molar-refractivity contribution in [3.63, 3.8) is 0 Å². The highest BCUT2D eigenvalue weighted by atomic mass is 16.5. The van der Waals surface area contributed by atoms with Gasteiger partial charge in [0.1, 0.15) is 23.0 Å². The van der Waals surface area contributed by atoms with Crippen molar-refractivity contribution in [2.45, 2.75) is 0 Å². The third-order valence-corrected chi connectivity index (χ3v) is 9.45. The van der Waals surface area contributed by atoms with Gasteiger partial charge in [0.25, 0.3) is 6.71 Å². The number of ether oxygens (including phenoxy) is 2. The minimum atomic E-state index is -0.117. The molecule has 5 nitrogen and oxygen atoms in total. The van der Waals surface area contributed by atoms with E-state index in [4.69, 9.17) is 9.47 Å². The van der Waals surface area contributed by atoms with Crippen LogP contribution in [0.1, 0.15) is 11.1 Å². The van der Waals surface area contributed by atoms with E-state index in [1.54, 1.807) is 0 Å². The highest BCUT2D eigenvalue weighted by Crippen LogP contribution is 2.43. The van der Waals surface area contributed by atoms with E-state index >= 15 is 0 Å². The van der Waals surface area contributed by atoms with Crippen molar-refractivity contribution in [1.82, 2.24) is 0 Å². The summed E-state index contributed by atoms with van der Waals surface area (Å²) in [7, 11) is 0. The molecule has 2 heterocycles. The van der Waals surface area contributed by atoms with E-state index in [1.165, 1.54) is 0 Å². The van der Waals surface area contributed by atoms with Crippen molar-refractivity contribution in [2.24, 2.45) is 0 Å². The van der Waals surface area contributed by atoms with Gasteiger partial charge in [0, 0.05) is 29.0 Å². The molecule has 232 valence electrons. The van der Waals surface area contributed by atoms with Gasteiger partial charge in [0.05, 0.1) is 29.0 Å². The summed E-state index contributed by atoms with van der Waals surface area (Å²) in [5, 5.41) is 18.7. The summed E-state index contributed by atoms with van der Waals surface area (Å²) in [6.45, 7) is -0.117. The van der Waals surface area contributed by atoms with Crippen molar-refractivity contribution in [3.8, 4) is 57.4 Å². The van der Waals surface area contributed by atoms with E-state index in [2.05, 4.69) is 89.8 Å². The van der Waals surface area contributed by atoms with Crippen molar-refractivity contribution < 1.29 is 9.47 Å². The van der Waals surface area contributed by atoms with E-state index in [9.17, 15) is 10.5 Å². The van der Waals surface area contributed by atoms with Crippen LogP contribution in [0.25, 0.3) is 22.3 Å². The van der Waals surface area contributed by atoms with Crippen molar-refractivity contribution >= 4 is 40.2 Å². The van der Waals surface area contributed by atoms with Gasteiger partial charge < -0.3 is 14.4 Å². The molecule has 50 heavy (non-hydrogen) atoms. The maximum atomic E-state index is 9.33. The zero-order chi connectivity index (χ0) is 33.6. The molecule has 2 aliphatic rings. The number of para-hydroxylation sites is 2. The second-order valence-electron chi connectivity index (χ2n) is 12.4. The zero-order valence-electron chi connectivity index (χ0n) is 26.7. The van der Waals surface area contributed by atoms with Crippen LogP contribution in [0.15, 0.2) is 158 Å². The average Bonchev–Trinajstić information content (AvgIpc) is 3.18. The number of rotatable bonds is 5. The molecule has 7 aromatic rings. The topological polar surface area (TPSA) is 69.3 Å². The Morgan fingerprint density at radius 3 is 1.26 bits per heavy atom. The van der Waals surface area contributed by atoms with E-state index in [0.29, 0.717) is 11.1 Å². The van der Waals surface area contributed by atoms with Gasteiger partial charge in [-0.1, -0.05) is 84.9 Å². The van der Waals surface area contributed by atoms with Crippen LogP contribution in [0.3, 0.4) is 0 Å². The first kappa shape index (κ1) is 29.1. The van der Waals surface area contributed by atoms with Gasteiger partial charge in [-0.15, -0.1) is 0 Å². The second kappa shape index (κ2) is 11.9. The SMILES string of the molecule is N#Cc1ccc(-c2ccc3c(c2)Oc2cc(N(c4ccccc4)c4ccccc4)cc4c2B3c2ccc(-c3ccc(C#N)cc3)cc2O4)cc1. The van der Waals surface area contributed by atoms with E-state index in [1.807, 2.05) is 84.9 Å². The van der Waals surface area contributed by atoms with Crippen LogP contribution in [0, 0.1) is 22.7 Å². The van der Waals surface area contributed by atoms with Crippen LogP contribution in [0.2, 0.25) is 0 Å². The molecular formula is C44H26BN3O2. The predicted octanol–water partition coefficient (Wildman–Crippen LogP) is 8.96. The number of fused-ring (bicyclic) bond motifs is 4. The largest absolute Gasteiger partial charge is 0.458 e. The van der Waals surface area contributed by atoms with E-state index < -0.39 is 0 Å². The molecule has 0 radical (unpaired) electrons. The first-order chi connectivity index (χ1) is 24.7. The number of benzene rings is 7. The van der Waals surface area contributed by atoms with Crippen LogP contribution in [0.5, 0.6) is 23.0 Å². The van der Waals surface area contributed by atoms with Gasteiger partial charge in [-0.25, -0.2) is 0 Å². The monoisotopic (exact) mass is 639 g/mol. The zero-order valence-corrected chi connectivity index (χ0v) is 26.7. The minimum Gasteiger partial charge on any atom is -0.458 e. The lowest BCUT2D eigenvalue weighted by atomic mass is 9.34. The lowest BCUT2D eigenvalue weighted by Crippen LogP contribution is -2.57. The fourth-order valence-electron chi connectivity index (χ4n) is 7.04. The maximum Gasteiger partial charge on any atom is 0.260 e. The van der Waals surface area contributed by atoms with Gasteiger partial charge >= 0.3 is 0 Å². The maximum absolute atomic E-state index is 9.33. The highest BCUT2D eigenvalue weighted by molar-refractivity contribution is 6.98. The molecule has 9 rings (SSSR count). The predicted molar refractivity (Wildman–Crippen MR) is 199 cm³/mol. The Balaban J connectivity index is 1.23. The molecular weight excluding hydrogens is 613 g/mol. The third-order valence-electron chi connectivity index (χ3n) is 9.45. The lowest BCUT2D eigenvalue weighted by molar-refractivity contribution is 0.465. The van der Waals surface area contributed by atoms with Crippen molar-refractivity contribution in [2.75, 3.05) is 4.90 Å². The van der Waals surface area contributed by atoms with Crippen molar-refractivity contribution in [3.05, 3.63) is 169 Å². The fourth-order valence-corrected chi connectivity index (χ4v) is 7.04. The molecule has 6 heteroatoms. The van der Waals surface area contributed by atoms with Crippen molar-refractivity contribution in [1.29, 1.82) is 10.5 Å².